The Morgan fingerprint density at radius 1 is 1.24 bits per heavy atom. The molecule has 132 valence electrons. The largest absolute Gasteiger partial charge is 0.350 e. The lowest BCUT2D eigenvalue weighted by Gasteiger charge is -2.32. The number of nitrogens with zero attached hydrogens (tertiary/aromatic N) is 3. The highest BCUT2D eigenvalue weighted by Crippen LogP contribution is 2.22. The quantitative estimate of drug-likeness (QED) is 0.807. The highest BCUT2D eigenvalue weighted by atomic mass is 16.2. The van der Waals surface area contributed by atoms with Gasteiger partial charge in [-0.3, -0.25) is 9.59 Å². The van der Waals surface area contributed by atoms with Crippen LogP contribution in [0.25, 0.3) is 17.0 Å². The number of para-hydroxylation sites is 1. The molecule has 0 bridgehead atoms. The Labute approximate surface area is 148 Å². The van der Waals surface area contributed by atoms with Gasteiger partial charge in [-0.1, -0.05) is 18.2 Å². The van der Waals surface area contributed by atoms with E-state index >= 15 is 0 Å². The van der Waals surface area contributed by atoms with Gasteiger partial charge in [-0.25, -0.2) is 0 Å². The van der Waals surface area contributed by atoms with E-state index in [0.29, 0.717) is 6.54 Å². The number of rotatable bonds is 3. The number of aromatic nitrogens is 1. The SMILES string of the molecule is CN(C)C(=O)C1CCCN(C(=O)/C=C/c2cn(C)c3ccccc23)C1. The van der Waals surface area contributed by atoms with Crippen molar-refractivity contribution in [3.05, 3.63) is 42.1 Å². The van der Waals surface area contributed by atoms with Gasteiger partial charge in [-0.15, -0.1) is 0 Å². The predicted molar refractivity (Wildman–Crippen MR) is 100.0 cm³/mol. The van der Waals surface area contributed by atoms with E-state index in [-0.39, 0.29) is 17.7 Å². The van der Waals surface area contributed by atoms with Crippen LogP contribution in [0.5, 0.6) is 0 Å². The molecule has 3 rings (SSSR count). The molecule has 1 atom stereocenters. The van der Waals surface area contributed by atoms with E-state index in [1.807, 2.05) is 31.5 Å². The van der Waals surface area contributed by atoms with E-state index in [4.69, 9.17) is 0 Å². The first-order chi connectivity index (χ1) is 12.0. The first-order valence-corrected chi connectivity index (χ1v) is 8.69. The maximum atomic E-state index is 12.6. The Balaban J connectivity index is 1.73. The van der Waals surface area contributed by atoms with Gasteiger partial charge in [0.15, 0.2) is 0 Å². The van der Waals surface area contributed by atoms with E-state index in [0.717, 1.165) is 35.9 Å². The lowest BCUT2D eigenvalue weighted by atomic mass is 9.96. The number of hydrogen-bond acceptors (Lipinski definition) is 2. The Hall–Kier alpha value is -2.56. The molecule has 1 aromatic heterocycles. The van der Waals surface area contributed by atoms with Crippen LogP contribution in [0, 0.1) is 5.92 Å². The van der Waals surface area contributed by atoms with E-state index < -0.39 is 0 Å². The molecular weight excluding hydrogens is 314 g/mol. The van der Waals surface area contributed by atoms with Crippen molar-refractivity contribution in [2.45, 2.75) is 12.8 Å². The van der Waals surface area contributed by atoms with Gasteiger partial charge >= 0.3 is 0 Å². The third-order valence-corrected chi connectivity index (χ3v) is 4.86. The van der Waals surface area contributed by atoms with Gasteiger partial charge in [-0.05, 0) is 25.0 Å². The summed E-state index contributed by atoms with van der Waals surface area (Å²) in [6, 6.07) is 8.14. The number of carbonyl (C=O) groups excluding carboxylic acids is 2. The Kier molecular flexibility index (Phi) is 4.93. The molecule has 1 unspecified atom stereocenters. The van der Waals surface area contributed by atoms with Crippen molar-refractivity contribution in [2.24, 2.45) is 13.0 Å². The van der Waals surface area contributed by atoms with Gasteiger partial charge in [-0.2, -0.15) is 0 Å². The molecule has 5 heteroatoms. The normalized spacial score (nSPS) is 18.0. The van der Waals surface area contributed by atoms with Gasteiger partial charge in [0.2, 0.25) is 11.8 Å². The van der Waals surface area contributed by atoms with Crippen molar-refractivity contribution in [1.82, 2.24) is 14.4 Å². The third-order valence-electron chi connectivity index (χ3n) is 4.86. The maximum Gasteiger partial charge on any atom is 0.246 e. The van der Waals surface area contributed by atoms with Crippen LogP contribution in [0.4, 0.5) is 0 Å². The van der Waals surface area contributed by atoms with E-state index in [9.17, 15) is 9.59 Å². The first-order valence-electron chi connectivity index (χ1n) is 8.69. The fourth-order valence-electron chi connectivity index (χ4n) is 3.52. The molecule has 1 fully saturated rings. The molecule has 0 spiro atoms. The highest BCUT2D eigenvalue weighted by Gasteiger charge is 2.28. The van der Waals surface area contributed by atoms with Crippen LogP contribution in [-0.2, 0) is 16.6 Å². The second kappa shape index (κ2) is 7.13. The lowest BCUT2D eigenvalue weighted by Crippen LogP contribution is -2.44. The van der Waals surface area contributed by atoms with Gasteiger partial charge in [0.05, 0.1) is 5.92 Å². The van der Waals surface area contributed by atoms with Crippen LogP contribution in [0.15, 0.2) is 36.5 Å². The van der Waals surface area contributed by atoms with Crippen LogP contribution < -0.4 is 0 Å². The van der Waals surface area contributed by atoms with Crippen LogP contribution in [0.1, 0.15) is 18.4 Å². The summed E-state index contributed by atoms with van der Waals surface area (Å²) in [6.45, 7) is 1.23. The summed E-state index contributed by atoms with van der Waals surface area (Å²) in [5.74, 6) is -0.00150. The molecule has 0 saturated carbocycles. The number of benzene rings is 1. The highest BCUT2D eigenvalue weighted by molar-refractivity contribution is 5.96. The maximum absolute atomic E-state index is 12.6. The zero-order chi connectivity index (χ0) is 18.0. The number of amides is 2. The van der Waals surface area contributed by atoms with Crippen molar-refractivity contribution < 1.29 is 9.59 Å². The summed E-state index contributed by atoms with van der Waals surface area (Å²) in [5, 5.41) is 1.13. The molecule has 1 aliphatic heterocycles. The minimum absolute atomic E-state index is 0.0239. The van der Waals surface area contributed by atoms with E-state index in [1.165, 1.54) is 0 Å². The standard InChI is InChI=1S/C20H25N3O2/c1-21(2)20(25)16-7-6-12-23(14-16)19(24)11-10-15-13-22(3)18-9-5-4-8-17(15)18/h4-5,8-11,13,16H,6-7,12,14H2,1-3H3/b11-10+. The number of aryl methyl sites for hydroxylation is 1. The third kappa shape index (κ3) is 3.60. The molecule has 1 aromatic carbocycles. The number of likely N-dealkylation sites (tertiary alicyclic amines) is 1. The smallest absolute Gasteiger partial charge is 0.246 e. The molecule has 2 amide bonds. The van der Waals surface area contributed by atoms with Gasteiger partial charge in [0.25, 0.3) is 0 Å². The second-order valence-electron chi connectivity index (χ2n) is 6.90. The number of piperidine rings is 1. The zero-order valence-corrected chi connectivity index (χ0v) is 15.1. The lowest BCUT2D eigenvalue weighted by molar-refractivity contribution is -0.137. The summed E-state index contributed by atoms with van der Waals surface area (Å²) >= 11 is 0. The van der Waals surface area contributed by atoms with Crippen LogP contribution in [0.2, 0.25) is 0 Å². The predicted octanol–water partition coefficient (Wildman–Crippen LogP) is 2.52. The van der Waals surface area contributed by atoms with Gasteiger partial charge in [0.1, 0.15) is 0 Å². The molecule has 2 heterocycles. The summed E-state index contributed by atoms with van der Waals surface area (Å²) in [5.41, 5.74) is 2.17. The topological polar surface area (TPSA) is 45.6 Å². The summed E-state index contributed by atoms with van der Waals surface area (Å²) in [4.78, 5) is 28.1. The fourth-order valence-corrected chi connectivity index (χ4v) is 3.52. The number of carbonyl (C=O) groups is 2. The molecule has 25 heavy (non-hydrogen) atoms. The van der Waals surface area contributed by atoms with Crippen LogP contribution >= 0.6 is 0 Å². The first kappa shape index (κ1) is 17.3. The van der Waals surface area contributed by atoms with Crippen molar-refractivity contribution >= 4 is 28.8 Å². The van der Waals surface area contributed by atoms with Crippen LogP contribution in [-0.4, -0.2) is 53.4 Å². The van der Waals surface area contributed by atoms with E-state index in [2.05, 4.69) is 16.7 Å². The minimum Gasteiger partial charge on any atom is -0.350 e. The summed E-state index contributed by atoms with van der Waals surface area (Å²) in [7, 11) is 5.54. The summed E-state index contributed by atoms with van der Waals surface area (Å²) in [6.07, 6.45) is 7.27. The minimum atomic E-state index is -0.0846. The average Bonchev–Trinajstić information content (AvgIpc) is 2.95. The monoisotopic (exact) mass is 339 g/mol. The van der Waals surface area contributed by atoms with Crippen molar-refractivity contribution in [3.8, 4) is 0 Å². The Morgan fingerprint density at radius 3 is 2.76 bits per heavy atom. The molecule has 1 aliphatic rings. The Morgan fingerprint density at radius 2 is 2.00 bits per heavy atom. The molecule has 5 nitrogen and oxygen atoms in total. The average molecular weight is 339 g/mol. The Bertz CT molecular complexity index is 819. The number of fused-ring (bicyclic) bond motifs is 1. The second-order valence-corrected chi connectivity index (χ2v) is 6.90. The number of hydrogen-bond donors (Lipinski definition) is 0. The van der Waals surface area contributed by atoms with Gasteiger partial charge in [0, 0.05) is 63.0 Å². The van der Waals surface area contributed by atoms with Crippen LogP contribution in [0.3, 0.4) is 0 Å². The van der Waals surface area contributed by atoms with Crippen molar-refractivity contribution in [3.63, 3.8) is 0 Å². The fraction of sp³-hybridized carbons (Fsp3) is 0.400. The zero-order valence-electron chi connectivity index (χ0n) is 15.1. The molecule has 0 aliphatic carbocycles. The molecule has 2 aromatic rings. The van der Waals surface area contributed by atoms with Gasteiger partial charge < -0.3 is 14.4 Å². The van der Waals surface area contributed by atoms with E-state index in [1.54, 1.807) is 30.0 Å². The molecular formula is C20H25N3O2. The molecule has 1 saturated heterocycles. The molecule has 0 N–H and O–H groups in total. The van der Waals surface area contributed by atoms with Crippen molar-refractivity contribution in [1.29, 1.82) is 0 Å². The van der Waals surface area contributed by atoms with Crippen molar-refractivity contribution in [2.75, 3.05) is 27.2 Å². The molecule has 0 radical (unpaired) electrons. The summed E-state index contributed by atoms with van der Waals surface area (Å²) < 4.78 is 2.06.